The first-order chi connectivity index (χ1) is 15.1. The fourth-order valence-corrected chi connectivity index (χ4v) is 5.12. The molecule has 1 saturated carbocycles. The second kappa shape index (κ2) is 8.11. The number of thiazole rings is 1. The number of benzene rings is 2. The molecule has 0 radical (unpaired) electrons. The largest absolute Gasteiger partial charge is 0.328 e. The van der Waals surface area contributed by atoms with E-state index in [0.29, 0.717) is 17.4 Å². The first-order valence-electron chi connectivity index (χ1n) is 10.4. The number of rotatable bonds is 4. The molecule has 158 valence electrons. The molecule has 31 heavy (non-hydrogen) atoms. The number of amides is 1. The summed E-state index contributed by atoms with van der Waals surface area (Å²) in [6, 6.07) is 12.8. The summed E-state index contributed by atoms with van der Waals surface area (Å²) in [4.78, 5) is 44.9. The zero-order chi connectivity index (χ0) is 21.4. The van der Waals surface area contributed by atoms with Gasteiger partial charge in [-0.2, -0.15) is 0 Å². The number of fused-ring (bicyclic) bond motifs is 2. The van der Waals surface area contributed by atoms with Gasteiger partial charge in [0.1, 0.15) is 0 Å². The van der Waals surface area contributed by atoms with E-state index in [9.17, 15) is 14.4 Å². The molecule has 5 rings (SSSR count). The summed E-state index contributed by atoms with van der Waals surface area (Å²) in [6.07, 6.45) is 3.12. The van der Waals surface area contributed by atoms with Crippen molar-refractivity contribution in [1.29, 1.82) is 0 Å². The Labute approximate surface area is 181 Å². The minimum atomic E-state index is -0.373. The van der Waals surface area contributed by atoms with Crippen molar-refractivity contribution >= 4 is 44.1 Å². The number of anilines is 1. The van der Waals surface area contributed by atoms with Crippen LogP contribution in [0.5, 0.6) is 0 Å². The van der Waals surface area contributed by atoms with E-state index >= 15 is 0 Å². The molecule has 0 unspecified atom stereocenters. The molecule has 2 heterocycles. The number of nitrogens with one attached hydrogen (secondary N) is 2. The second-order valence-electron chi connectivity index (χ2n) is 8.13. The molecule has 0 spiro atoms. The maximum Gasteiger partial charge on any atom is 0.328 e. The van der Waals surface area contributed by atoms with E-state index in [1.807, 2.05) is 18.2 Å². The van der Waals surface area contributed by atoms with Gasteiger partial charge in [-0.25, -0.2) is 9.78 Å². The molecule has 1 aliphatic rings. The number of aromatic nitrogens is 3. The summed E-state index contributed by atoms with van der Waals surface area (Å²) in [7, 11) is 0. The third-order valence-electron chi connectivity index (χ3n) is 6.15. The van der Waals surface area contributed by atoms with E-state index in [4.69, 9.17) is 0 Å². The summed E-state index contributed by atoms with van der Waals surface area (Å²) >= 11 is 1.55. The molecule has 8 heteroatoms. The van der Waals surface area contributed by atoms with Crippen LogP contribution in [0, 0.1) is 11.8 Å². The van der Waals surface area contributed by atoms with Crippen molar-refractivity contribution in [3.8, 4) is 0 Å². The standard InChI is InChI=1S/C23H22N4O3S/c28-21(25-16-9-10-19-20(11-16)31-13-24-19)15-7-5-14(6-8-15)12-27-22(29)17-3-1-2-4-18(17)26-23(27)30/h1-4,9-11,13-15H,5-8,12H2,(H,25,28)(H,26,30). The van der Waals surface area contributed by atoms with Crippen LogP contribution in [-0.4, -0.2) is 20.4 Å². The number of hydrogen-bond donors (Lipinski definition) is 2. The first kappa shape index (κ1) is 19.7. The third-order valence-corrected chi connectivity index (χ3v) is 6.94. The van der Waals surface area contributed by atoms with Crippen molar-refractivity contribution in [1.82, 2.24) is 14.5 Å². The van der Waals surface area contributed by atoms with Crippen molar-refractivity contribution in [3.05, 3.63) is 68.8 Å². The van der Waals surface area contributed by atoms with Gasteiger partial charge in [0.05, 0.1) is 26.6 Å². The average Bonchev–Trinajstić information content (AvgIpc) is 3.25. The van der Waals surface area contributed by atoms with Gasteiger partial charge in [-0.15, -0.1) is 11.3 Å². The molecule has 4 aromatic rings. The minimum Gasteiger partial charge on any atom is -0.326 e. The van der Waals surface area contributed by atoms with Crippen LogP contribution in [0.25, 0.3) is 21.1 Å². The molecule has 1 aliphatic carbocycles. The van der Waals surface area contributed by atoms with Gasteiger partial charge in [-0.3, -0.25) is 14.2 Å². The lowest BCUT2D eigenvalue weighted by Crippen LogP contribution is -2.38. The van der Waals surface area contributed by atoms with Crippen LogP contribution in [0.1, 0.15) is 25.7 Å². The third kappa shape index (κ3) is 3.90. The van der Waals surface area contributed by atoms with Crippen molar-refractivity contribution < 1.29 is 4.79 Å². The Morgan fingerprint density at radius 2 is 1.94 bits per heavy atom. The number of carbonyl (C=O) groups is 1. The van der Waals surface area contributed by atoms with E-state index in [-0.39, 0.29) is 29.0 Å². The molecule has 2 aromatic carbocycles. The lowest BCUT2D eigenvalue weighted by atomic mass is 9.81. The van der Waals surface area contributed by atoms with Gasteiger partial charge in [0.2, 0.25) is 5.91 Å². The molecule has 2 aromatic heterocycles. The monoisotopic (exact) mass is 434 g/mol. The Bertz CT molecular complexity index is 1380. The van der Waals surface area contributed by atoms with Gasteiger partial charge < -0.3 is 10.3 Å². The van der Waals surface area contributed by atoms with Crippen LogP contribution in [-0.2, 0) is 11.3 Å². The van der Waals surface area contributed by atoms with E-state index in [0.717, 1.165) is 41.6 Å². The molecule has 0 aliphatic heterocycles. The topological polar surface area (TPSA) is 96.8 Å². The molecule has 2 N–H and O–H groups in total. The molecule has 1 fully saturated rings. The highest BCUT2D eigenvalue weighted by Gasteiger charge is 2.27. The minimum absolute atomic E-state index is 0.0306. The van der Waals surface area contributed by atoms with Gasteiger partial charge >= 0.3 is 5.69 Å². The number of para-hydroxylation sites is 1. The Hall–Kier alpha value is -3.26. The Kier molecular flexibility index (Phi) is 5.15. The van der Waals surface area contributed by atoms with Crippen molar-refractivity contribution in [2.24, 2.45) is 11.8 Å². The number of carbonyl (C=O) groups excluding carboxylic acids is 1. The molecular weight excluding hydrogens is 412 g/mol. The first-order valence-corrected chi connectivity index (χ1v) is 11.3. The van der Waals surface area contributed by atoms with Gasteiger partial charge in [0, 0.05) is 18.2 Å². The van der Waals surface area contributed by atoms with E-state index in [1.165, 1.54) is 4.57 Å². The predicted octanol–water partition coefficient (Wildman–Crippen LogP) is 3.74. The van der Waals surface area contributed by atoms with Crippen molar-refractivity contribution in [2.45, 2.75) is 32.2 Å². The smallest absolute Gasteiger partial charge is 0.326 e. The fraction of sp³-hybridized carbons (Fsp3) is 0.304. The van der Waals surface area contributed by atoms with E-state index < -0.39 is 0 Å². The maximum atomic E-state index is 12.7. The summed E-state index contributed by atoms with van der Waals surface area (Å²) in [5, 5.41) is 3.55. The Morgan fingerprint density at radius 1 is 1.13 bits per heavy atom. The van der Waals surface area contributed by atoms with Gasteiger partial charge in [0.15, 0.2) is 0 Å². The molecule has 0 atom stereocenters. The van der Waals surface area contributed by atoms with Crippen LogP contribution in [0.2, 0.25) is 0 Å². The van der Waals surface area contributed by atoms with Gasteiger partial charge in [0.25, 0.3) is 5.56 Å². The maximum absolute atomic E-state index is 12.7. The molecule has 7 nitrogen and oxygen atoms in total. The summed E-state index contributed by atoms with van der Waals surface area (Å²) in [5.41, 5.74) is 3.45. The van der Waals surface area contributed by atoms with Crippen LogP contribution in [0.3, 0.4) is 0 Å². The second-order valence-corrected chi connectivity index (χ2v) is 9.02. The molecule has 1 amide bonds. The average molecular weight is 435 g/mol. The normalized spacial score (nSPS) is 19.0. The molecule has 0 bridgehead atoms. The van der Waals surface area contributed by atoms with Gasteiger partial charge in [-0.1, -0.05) is 12.1 Å². The highest BCUT2D eigenvalue weighted by atomic mass is 32.1. The highest BCUT2D eigenvalue weighted by Crippen LogP contribution is 2.31. The number of nitrogens with zero attached hydrogens (tertiary/aromatic N) is 2. The van der Waals surface area contributed by atoms with Crippen LogP contribution in [0.4, 0.5) is 5.69 Å². The quantitative estimate of drug-likeness (QED) is 0.511. The van der Waals surface area contributed by atoms with E-state index in [2.05, 4.69) is 15.3 Å². The van der Waals surface area contributed by atoms with E-state index in [1.54, 1.807) is 41.1 Å². The summed E-state index contributed by atoms with van der Waals surface area (Å²) in [5.74, 6) is 0.181. The van der Waals surface area contributed by atoms with Crippen molar-refractivity contribution in [3.63, 3.8) is 0 Å². The summed E-state index contributed by atoms with van der Waals surface area (Å²) < 4.78 is 2.35. The molecular formula is C23H22N4O3S. The number of H-pyrrole nitrogens is 1. The number of hydrogen-bond acceptors (Lipinski definition) is 5. The Balaban J connectivity index is 1.23. The lowest BCUT2D eigenvalue weighted by molar-refractivity contribution is -0.121. The number of aromatic amines is 1. The molecule has 0 saturated heterocycles. The van der Waals surface area contributed by atoms with Crippen LogP contribution >= 0.6 is 11.3 Å². The van der Waals surface area contributed by atoms with Crippen molar-refractivity contribution in [2.75, 3.05) is 5.32 Å². The highest BCUT2D eigenvalue weighted by molar-refractivity contribution is 7.16. The van der Waals surface area contributed by atoms with Crippen LogP contribution in [0.15, 0.2) is 57.6 Å². The summed E-state index contributed by atoms with van der Waals surface area (Å²) in [6.45, 7) is 0.384. The zero-order valence-corrected chi connectivity index (χ0v) is 17.7. The Morgan fingerprint density at radius 3 is 2.77 bits per heavy atom. The predicted molar refractivity (Wildman–Crippen MR) is 123 cm³/mol. The van der Waals surface area contributed by atoms with Crippen LogP contribution < -0.4 is 16.6 Å². The zero-order valence-electron chi connectivity index (χ0n) is 16.8. The SMILES string of the molecule is O=C(Nc1ccc2ncsc2c1)C1CCC(Cn2c(=O)[nH]c3ccccc3c2=O)CC1. The fourth-order valence-electron chi connectivity index (χ4n) is 4.41. The van der Waals surface area contributed by atoms with Gasteiger partial charge in [-0.05, 0) is 61.9 Å². The lowest BCUT2D eigenvalue weighted by Gasteiger charge is -2.28.